The maximum atomic E-state index is 3.41. The van der Waals surface area contributed by atoms with E-state index in [0.29, 0.717) is 0 Å². The van der Waals surface area contributed by atoms with E-state index in [0.717, 1.165) is 11.4 Å². The van der Waals surface area contributed by atoms with Gasteiger partial charge in [0.2, 0.25) is 0 Å². The van der Waals surface area contributed by atoms with Crippen LogP contribution in [-0.4, -0.2) is 0 Å². The molecule has 0 amide bonds. The molecule has 0 saturated heterocycles. The van der Waals surface area contributed by atoms with E-state index in [1.165, 1.54) is 22.3 Å². The van der Waals surface area contributed by atoms with E-state index < -0.39 is 0 Å². The quantitative estimate of drug-likeness (QED) is 0.564. The minimum atomic E-state index is 1.10. The molecule has 0 aliphatic rings. The average molecular weight is 299 g/mol. The second kappa shape index (κ2) is 6.97. The summed E-state index contributed by atoms with van der Waals surface area (Å²) < 4.78 is 0. The second-order valence-corrected chi connectivity index (χ2v) is 5.86. The number of rotatable bonds is 4. The minimum absolute atomic E-state index is 1.10. The number of anilines is 2. The lowest BCUT2D eigenvalue weighted by Crippen LogP contribution is -1.89. The molecule has 0 radical (unpaired) electrons. The molecule has 0 aliphatic heterocycles. The highest BCUT2D eigenvalue weighted by atomic mass is 14.9. The maximum absolute atomic E-state index is 3.41. The Hall–Kier alpha value is -2.80. The molecule has 0 spiro atoms. The lowest BCUT2D eigenvalue weighted by atomic mass is 10.1. The number of nitrogens with one attached hydrogen (secondary N) is 1. The van der Waals surface area contributed by atoms with Crippen molar-refractivity contribution in [3.8, 4) is 0 Å². The van der Waals surface area contributed by atoms with Crippen LogP contribution in [0.2, 0.25) is 0 Å². The van der Waals surface area contributed by atoms with Gasteiger partial charge in [-0.15, -0.1) is 0 Å². The molecule has 1 heteroatoms. The van der Waals surface area contributed by atoms with E-state index in [1.54, 1.807) is 0 Å². The van der Waals surface area contributed by atoms with Crippen molar-refractivity contribution < 1.29 is 0 Å². The number of aryl methyl sites for hydroxylation is 2. The fourth-order valence-corrected chi connectivity index (χ4v) is 2.35. The summed E-state index contributed by atoms with van der Waals surface area (Å²) in [6.45, 7) is 4.20. The van der Waals surface area contributed by atoms with Crippen LogP contribution < -0.4 is 5.32 Å². The fourth-order valence-electron chi connectivity index (χ4n) is 2.35. The molecule has 0 heterocycles. The monoisotopic (exact) mass is 299 g/mol. The number of hydrogen-bond donors (Lipinski definition) is 1. The number of benzene rings is 3. The van der Waals surface area contributed by atoms with Crippen LogP contribution in [0.25, 0.3) is 12.2 Å². The highest BCUT2D eigenvalue weighted by Crippen LogP contribution is 2.18. The molecule has 0 fully saturated rings. The summed E-state index contributed by atoms with van der Waals surface area (Å²) in [4.78, 5) is 0. The lowest BCUT2D eigenvalue weighted by Gasteiger charge is -2.07. The van der Waals surface area contributed by atoms with Gasteiger partial charge in [-0.25, -0.2) is 0 Å². The van der Waals surface area contributed by atoms with Crippen LogP contribution in [0.4, 0.5) is 11.4 Å². The predicted octanol–water partition coefficient (Wildman–Crippen LogP) is 6.22. The van der Waals surface area contributed by atoms with Crippen LogP contribution in [0.15, 0.2) is 72.8 Å². The van der Waals surface area contributed by atoms with Gasteiger partial charge in [0.15, 0.2) is 0 Å². The van der Waals surface area contributed by atoms with E-state index in [2.05, 4.69) is 104 Å². The van der Waals surface area contributed by atoms with Gasteiger partial charge in [-0.3, -0.25) is 0 Å². The predicted molar refractivity (Wildman–Crippen MR) is 101 cm³/mol. The zero-order valence-electron chi connectivity index (χ0n) is 13.6. The minimum Gasteiger partial charge on any atom is -0.356 e. The first kappa shape index (κ1) is 15.1. The molecule has 0 bridgehead atoms. The molecule has 0 aromatic heterocycles. The zero-order chi connectivity index (χ0) is 16.1. The van der Waals surface area contributed by atoms with E-state index >= 15 is 0 Å². The van der Waals surface area contributed by atoms with Gasteiger partial charge >= 0.3 is 0 Å². The van der Waals surface area contributed by atoms with Crippen LogP contribution in [-0.2, 0) is 0 Å². The lowest BCUT2D eigenvalue weighted by molar-refractivity contribution is 1.45. The van der Waals surface area contributed by atoms with Crippen molar-refractivity contribution in [2.75, 3.05) is 5.32 Å². The molecule has 0 aliphatic carbocycles. The van der Waals surface area contributed by atoms with Gasteiger partial charge in [0.1, 0.15) is 0 Å². The van der Waals surface area contributed by atoms with Gasteiger partial charge in [-0.2, -0.15) is 0 Å². The third-order valence-corrected chi connectivity index (χ3v) is 3.80. The maximum Gasteiger partial charge on any atom is 0.0384 e. The molecule has 114 valence electrons. The summed E-state index contributed by atoms with van der Waals surface area (Å²) in [5.41, 5.74) is 7.18. The molecule has 1 nitrogen and oxygen atoms in total. The molecule has 0 unspecified atom stereocenters. The summed E-state index contributed by atoms with van der Waals surface area (Å²) in [6.07, 6.45) is 4.28. The van der Waals surface area contributed by atoms with Gasteiger partial charge in [0.05, 0.1) is 0 Å². The van der Waals surface area contributed by atoms with Crippen LogP contribution in [0, 0.1) is 13.8 Å². The first-order valence-corrected chi connectivity index (χ1v) is 7.87. The van der Waals surface area contributed by atoms with Gasteiger partial charge in [0.25, 0.3) is 0 Å². The van der Waals surface area contributed by atoms with Crippen molar-refractivity contribution in [2.24, 2.45) is 0 Å². The van der Waals surface area contributed by atoms with Crippen LogP contribution in [0.5, 0.6) is 0 Å². The van der Waals surface area contributed by atoms with Crippen LogP contribution in [0.1, 0.15) is 22.3 Å². The van der Waals surface area contributed by atoms with Crippen molar-refractivity contribution in [1.29, 1.82) is 0 Å². The Bertz CT molecular complexity index is 779. The molecule has 23 heavy (non-hydrogen) atoms. The van der Waals surface area contributed by atoms with Crippen molar-refractivity contribution in [1.82, 2.24) is 0 Å². The smallest absolute Gasteiger partial charge is 0.0384 e. The Morgan fingerprint density at radius 2 is 0.870 bits per heavy atom. The molecule has 0 atom stereocenters. The Balaban J connectivity index is 1.67. The molecular formula is C22H21N. The van der Waals surface area contributed by atoms with Crippen molar-refractivity contribution in [3.63, 3.8) is 0 Å². The van der Waals surface area contributed by atoms with Crippen molar-refractivity contribution in [3.05, 3.63) is 95.1 Å². The summed E-state index contributed by atoms with van der Waals surface area (Å²) in [7, 11) is 0. The van der Waals surface area contributed by atoms with Crippen molar-refractivity contribution in [2.45, 2.75) is 13.8 Å². The van der Waals surface area contributed by atoms with Gasteiger partial charge < -0.3 is 5.32 Å². The Morgan fingerprint density at radius 3 is 1.35 bits per heavy atom. The van der Waals surface area contributed by atoms with E-state index in [9.17, 15) is 0 Å². The highest BCUT2D eigenvalue weighted by Gasteiger charge is 1.95. The molecule has 3 rings (SSSR count). The van der Waals surface area contributed by atoms with Gasteiger partial charge in [-0.1, -0.05) is 71.8 Å². The summed E-state index contributed by atoms with van der Waals surface area (Å²) in [5.74, 6) is 0. The van der Waals surface area contributed by atoms with Crippen molar-refractivity contribution >= 4 is 23.5 Å². The van der Waals surface area contributed by atoms with Crippen LogP contribution >= 0.6 is 0 Å². The van der Waals surface area contributed by atoms with Gasteiger partial charge in [0, 0.05) is 11.4 Å². The topological polar surface area (TPSA) is 12.0 Å². The van der Waals surface area contributed by atoms with E-state index in [1.807, 2.05) is 0 Å². The van der Waals surface area contributed by atoms with Crippen LogP contribution in [0.3, 0.4) is 0 Å². The molecule has 3 aromatic rings. The standard InChI is InChI=1S/C22H21N/c1-17-3-7-19(8-4-17)9-10-20-11-15-22(16-12-20)23-21-13-5-18(2)6-14-21/h3-16,23H,1-2H3. The van der Waals surface area contributed by atoms with E-state index in [-0.39, 0.29) is 0 Å². The molecular weight excluding hydrogens is 278 g/mol. The Labute approximate surface area is 138 Å². The SMILES string of the molecule is Cc1ccc(C=Cc2ccc(Nc3ccc(C)cc3)cc2)cc1. The Morgan fingerprint density at radius 1 is 0.522 bits per heavy atom. The normalized spacial score (nSPS) is 10.9. The summed E-state index contributed by atoms with van der Waals surface area (Å²) in [6, 6.07) is 25.4. The summed E-state index contributed by atoms with van der Waals surface area (Å²) in [5, 5.41) is 3.41. The third kappa shape index (κ3) is 4.33. The molecule has 0 saturated carbocycles. The third-order valence-electron chi connectivity index (χ3n) is 3.80. The van der Waals surface area contributed by atoms with E-state index in [4.69, 9.17) is 0 Å². The summed E-state index contributed by atoms with van der Waals surface area (Å²) >= 11 is 0. The molecule has 3 aromatic carbocycles. The second-order valence-electron chi connectivity index (χ2n) is 5.86. The fraction of sp³-hybridized carbons (Fsp3) is 0.0909. The largest absolute Gasteiger partial charge is 0.356 e. The molecule has 1 N–H and O–H groups in total. The zero-order valence-corrected chi connectivity index (χ0v) is 13.6. The Kier molecular flexibility index (Phi) is 4.58. The average Bonchev–Trinajstić information content (AvgIpc) is 2.58. The highest BCUT2D eigenvalue weighted by molar-refractivity contribution is 5.71. The first-order valence-electron chi connectivity index (χ1n) is 7.87. The first-order chi connectivity index (χ1) is 11.2. The number of hydrogen-bond acceptors (Lipinski definition) is 1. The van der Waals surface area contributed by atoms with Gasteiger partial charge in [-0.05, 0) is 49.2 Å².